The van der Waals surface area contributed by atoms with Gasteiger partial charge < -0.3 is 15.3 Å². The van der Waals surface area contributed by atoms with Crippen LogP contribution >= 0.6 is 0 Å². The van der Waals surface area contributed by atoms with E-state index in [1.54, 1.807) is 0 Å². The molecule has 50 heavy (non-hydrogen) atoms. The van der Waals surface area contributed by atoms with E-state index in [9.17, 15) is 4.79 Å². The van der Waals surface area contributed by atoms with Crippen molar-refractivity contribution < 1.29 is 20.1 Å². The number of carboxylic acid groups (broad SMARTS) is 1. The minimum atomic E-state index is -0.659. The van der Waals surface area contributed by atoms with Crippen LogP contribution in [0.25, 0.3) is 0 Å². The number of aliphatic hydroxyl groups excluding tert-OH is 2. The van der Waals surface area contributed by atoms with Gasteiger partial charge >= 0.3 is 5.97 Å². The molecule has 0 aromatic heterocycles. The van der Waals surface area contributed by atoms with Crippen LogP contribution in [0.15, 0.2) is 0 Å². The van der Waals surface area contributed by atoms with Crippen molar-refractivity contribution in [1.82, 2.24) is 0 Å². The summed E-state index contributed by atoms with van der Waals surface area (Å²) in [7, 11) is 0. The molecule has 0 saturated heterocycles. The van der Waals surface area contributed by atoms with Crippen molar-refractivity contribution in [2.75, 3.05) is 13.2 Å². The molecule has 0 aliphatic heterocycles. The van der Waals surface area contributed by atoms with E-state index in [1.165, 1.54) is 225 Å². The van der Waals surface area contributed by atoms with Gasteiger partial charge in [0, 0.05) is 19.6 Å². The first-order valence-electron chi connectivity index (χ1n) is 23.0. The second-order valence-corrected chi connectivity index (χ2v) is 15.3. The summed E-state index contributed by atoms with van der Waals surface area (Å²) in [4.78, 5) is 10.2. The van der Waals surface area contributed by atoms with Crippen molar-refractivity contribution in [1.29, 1.82) is 0 Å². The normalized spacial score (nSPS) is 10.8. The van der Waals surface area contributed by atoms with E-state index in [0.29, 0.717) is 19.6 Å². The standard InChI is InChI=1S/2C17H36O.C12H24O2/c2*1-2-3-4-5-6-7-8-9-10-11-12-13-14-15-16-17-18;1-2-3-4-5-6-7-8-9-10-11-12(13)14/h2*18H,2-17H2,1H3;2-11H2,1H3,(H,13,14). The van der Waals surface area contributed by atoms with Gasteiger partial charge in [-0.2, -0.15) is 0 Å². The van der Waals surface area contributed by atoms with E-state index >= 15 is 0 Å². The van der Waals surface area contributed by atoms with Crippen LogP contribution in [0.1, 0.15) is 278 Å². The molecule has 0 bridgehead atoms. The summed E-state index contributed by atoms with van der Waals surface area (Å²) in [5.74, 6) is -0.659. The Morgan fingerprint density at radius 3 is 0.600 bits per heavy atom. The van der Waals surface area contributed by atoms with Gasteiger partial charge in [-0.15, -0.1) is 0 Å². The van der Waals surface area contributed by atoms with E-state index in [-0.39, 0.29) is 0 Å². The maximum Gasteiger partial charge on any atom is 0.303 e. The van der Waals surface area contributed by atoms with Crippen molar-refractivity contribution in [2.24, 2.45) is 0 Å². The Labute approximate surface area is 316 Å². The minimum Gasteiger partial charge on any atom is -0.481 e. The fraction of sp³-hybridized carbons (Fsp3) is 0.978. The third kappa shape index (κ3) is 62.5. The van der Waals surface area contributed by atoms with E-state index in [2.05, 4.69) is 20.8 Å². The highest BCUT2D eigenvalue weighted by molar-refractivity contribution is 5.66. The summed E-state index contributed by atoms with van der Waals surface area (Å²) in [6.45, 7) is 7.54. The molecular formula is C46H96O4. The van der Waals surface area contributed by atoms with Gasteiger partial charge in [0.2, 0.25) is 0 Å². The second-order valence-electron chi connectivity index (χ2n) is 15.3. The van der Waals surface area contributed by atoms with Gasteiger partial charge in [-0.25, -0.2) is 0 Å². The van der Waals surface area contributed by atoms with Crippen LogP contribution in [0.4, 0.5) is 0 Å². The maximum absolute atomic E-state index is 10.2. The quantitative estimate of drug-likeness (QED) is 0.0553. The third-order valence-electron chi connectivity index (χ3n) is 10.0. The summed E-state index contributed by atoms with van der Waals surface area (Å²) in [5.41, 5.74) is 0. The van der Waals surface area contributed by atoms with Gasteiger partial charge in [-0.05, 0) is 19.3 Å². The maximum atomic E-state index is 10.2. The average molecular weight is 713 g/mol. The van der Waals surface area contributed by atoms with Crippen LogP contribution in [0.2, 0.25) is 0 Å². The molecule has 0 fully saturated rings. The Hall–Kier alpha value is -0.610. The summed E-state index contributed by atoms with van der Waals surface area (Å²) >= 11 is 0. The highest BCUT2D eigenvalue weighted by atomic mass is 16.4. The molecule has 0 aliphatic rings. The van der Waals surface area contributed by atoms with Crippen LogP contribution in [0, 0.1) is 0 Å². The second kappa shape index (κ2) is 55.2. The number of hydrogen-bond acceptors (Lipinski definition) is 3. The van der Waals surface area contributed by atoms with Crippen molar-refractivity contribution >= 4 is 5.97 Å². The summed E-state index contributed by atoms with van der Waals surface area (Å²) in [6.07, 6.45) is 52.9. The molecule has 0 radical (unpaired) electrons. The molecule has 3 N–H and O–H groups in total. The molecule has 4 heteroatoms. The lowest BCUT2D eigenvalue weighted by molar-refractivity contribution is -0.137. The highest BCUT2D eigenvalue weighted by Gasteiger charge is 1.97. The molecule has 0 heterocycles. The number of aliphatic carboxylic acids is 1. The molecule has 0 saturated carbocycles. The van der Waals surface area contributed by atoms with Gasteiger partial charge in [0.25, 0.3) is 0 Å². The number of aliphatic hydroxyl groups is 2. The monoisotopic (exact) mass is 713 g/mol. The number of unbranched alkanes of at least 4 members (excludes halogenated alkanes) is 36. The van der Waals surface area contributed by atoms with E-state index in [1.807, 2.05) is 0 Å². The molecular weight excluding hydrogens is 617 g/mol. The molecule has 0 spiro atoms. The van der Waals surface area contributed by atoms with E-state index in [4.69, 9.17) is 15.3 Å². The number of hydrogen-bond donors (Lipinski definition) is 3. The van der Waals surface area contributed by atoms with Crippen LogP contribution < -0.4 is 0 Å². The fourth-order valence-electron chi connectivity index (χ4n) is 6.55. The predicted octanol–water partition coefficient (Wildman–Crippen LogP) is 15.7. The smallest absolute Gasteiger partial charge is 0.303 e. The Kier molecular flexibility index (Phi) is 59.3. The van der Waals surface area contributed by atoms with Gasteiger partial charge in [0.05, 0.1) is 0 Å². The average Bonchev–Trinajstić information content (AvgIpc) is 3.11. The van der Waals surface area contributed by atoms with Crippen molar-refractivity contribution in [3.8, 4) is 0 Å². The molecule has 0 aromatic carbocycles. The van der Waals surface area contributed by atoms with Crippen molar-refractivity contribution in [3.63, 3.8) is 0 Å². The number of carbonyl (C=O) groups is 1. The van der Waals surface area contributed by atoms with Crippen LogP contribution in [-0.2, 0) is 4.79 Å². The predicted molar refractivity (Wildman–Crippen MR) is 224 cm³/mol. The largest absolute Gasteiger partial charge is 0.481 e. The fourth-order valence-corrected chi connectivity index (χ4v) is 6.55. The molecule has 304 valence electrons. The van der Waals surface area contributed by atoms with Gasteiger partial charge in [-0.1, -0.05) is 252 Å². The highest BCUT2D eigenvalue weighted by Crippen LogP contribution is 2.15. The summed E-state index contributed by atoms with van der Waals surface area (Å²) in [6, 6.07) is 0. The molecule has 0 aromatic rings. The lowest BCUT2D eigenvalue weighted by Gasteiger charge is -2.02. The van der Waals surface area contributed by atoms with Crippen molar-refractivity contribution in [3.05, 3.63) is 0 Å². The minimum absolute atomic E-state index is 0.343. The molecule has 0 atom stereocenters. The first-order valence-corrected chi connectivity index (χ1v) is 23.0. The Morgan fingerprint density at radius 1 is 0.280 bits per heavy atom. The van der Waals surface area contributed by atoms with Gasteiger partial charge in [-0.3, -0.25) is 4.79 Å². The zero-order chi connectivity index (χ0) is 37.3. The lowest BCUT2D eigenvalue weighted by Crippen LogP contribution is -1.93. The Balaban J connectivity index is -0.000000669. The van der Waals surface area contributed by atoms with E-state index in [0.717, 1.165) is 25.7 Å². The molecule has 0 unspecified atom stereocenters. The van der Waals surface area contributed by atoms with Crippen molar-refractivity contribution in [2.45, 2.75) is 278 Å². The zero-order valence-corrected chi connectivity index (χ0v) is 34.9. The number of carboxylic acids is 1. The Bertz CT molecular complexity index is 488. The molecule has 0 aliphatic carbocycles. The van der Waals surface area contributed by atoms with E-state index < -0.39 is 5.97 Å². The zero-order valence-electron chi connectivity index (χ0n) is 34.9. The van der Waals surface area contributed by atoms with Crippen LogP contribution in [0.3, 0.4) is 0 Å². The SMILES string of the molecule is CCCCCCCCCCCC(=O)O.CCCCCCCCCCCCCCCCCO.CCCCCCCCCCCCCCCCCO. The summed E-state index contributed by atoms with van der Waals surface area (Å²) < 4.78 is 0. The molecule has 0 amide bonds. The van der Waals surface area contributed by atoms with Crippen LogP contribution in [0.5, 0.6) is 0 Å². The summed E-state index contributed by atoms with van der Waals surface area (Å²) in [5, 5.41) is 25.7. The first-order chi connectivity index (χ1) is 24.6. The van der Waals surface area contributed by atoms with Crippen LogP contribution in [-0.4, -0.2) is 34.5 Å². The third-order valence-corrected chi connectivity index (χ3v) is 10.0. The first kappa shape index (κ1) is 53.7. The molecule has 0 rings (SSSR count). The topological polar surface area (TPSA) is 77.8 Å². The van der Waals surface area contributed by atoms with Gasteiger partial charge in [0.1, 0.15) is 0 Å². The van der Waals surface area contributed by atoms with Gasteiger partial charge in [0.15, 0.2) is 0 Å². The Morgan fingerprint density at radius 2 is 0.440 bits per heavy atom. The molecule has 4 nitrogen and oxygen atoms in total. The number of rotatable bonds is 40. The lowest BCUT2D eigenvalue weighted by atomic mass is 10.0.